The molecule has 3 aromatic rings. The largest absolute Gasteiger partial charge is 0.346 e. The van der Waals surface area contributed by atoms with Crippen LogP contribution in [-0.2, 0) is 30.7 Å². The van der Waals surface area contributed by atoms with E-state index >= 15 is 0 Å². The Kier molecular flexibility index (Phi) is 6.90. The van der Waals surface area contributed by atoms with Gasteiger partial charge in [0.15, 0.2) is 17.5 Å². The van der Waals surface area contributed by atoms with Gasteiger partial charge >= 0.3 is 0 Å². The number of rotatable bonds is 7. The van der Waals surface area contributed by atoms with E-state index in [-0.39, 0.29) is 11.9 Å². The van der Waals surface area contributed by atoms with E-state index in [1.165, 1.54) is 6.07 Å². The monoisotopic (exact) mass is 439 g/mol. The summed E-state index contributed by atoms with van der Waals surface area (Å²) >= 11 is 0. The number of aryl methyl sites for hydroxylation is 1. The van der Waals surface area contributed by atoms with Crippen LogP contribution in [0.5, 0.6) is 0 Å². The molecule has 0 fully saturated rings. The Labute approximate surface area is 186 Å². The molecule has 8 heteroatoms. The number of carbonyl (C=O) groups excluding carboxylic acids is 1. The average molecular weight is 440 g/mol. The lowest BCUT2D eigenvalue weighted by molar-refractivity contribution is -0.121. The summed E-state index contributed by atoms with van der Waals surface area (Å²) in [6.45, 7) is 4.19. The molecule has 0 spiro atoms. The number of benzene rings is 2. The number of amides is 1. The van der Waals surface area contributed by atoms with Gasteiger partial charge in [-0.25, -0.2) is 8.78 Å². The first-order valence-corrected chi connectivity index (χ1v) is 10.9. The van der Waals surface area contributed by atoms with Crippen molar-refractivity contribution in [2.75, 3.05) is 13.1 Å². The van der Waals surface area contributed by atoms with Gasteiger partial charge in [-0.2, -0.15) is 0 Å². The first-order valence-electron chi connectivity index (χ1n) is 10.9. The third kappa shape index (κ3) is 5.19. The molecule has 1 amide bonds. The van der Waals surface area contributed by atoms with Crippen LogP contribution in [0.2, 0.25) is 0 Å². The molecule has 1 aliphatic heterocycles. The molecule has 2 heterocycles. The van der Waals surface area contributed by atoms with Gasteiger partial charge in [0.25, 0.3) is 0 Å². The van der Waals surface area contributed by atoms with Crippen molar-refractivity contribution in [2.24, 2.45) is 0 Å². The number of nitrogens with zero attached hydrogens (tertiary/aromatic N) is 4. The smallest absolute Gasteiger partial charge is 0.220 e. The van der Waals surface area contributed by atoms with Crippen molar-refractivity contribution in [1.29, 1.82) is 0 Å². The Hall–Kier alpha value is -3.13. The number of aromatic nitrogens is 3. The molecule has 0 saturated heterocycles. The van der Waals surface area contributed by atoms with Crippen molar-refractivity contribution in [1.82, 2.24) is 25.0 Å². The first kappa shape index (κ1) is 22.1. The van der Waals surface area contributed by atoms with Crippen LogP contribution in [0, 0.1) is 11.6 Å². The summed E-state index contributed by atoms with van der Waals surface area (Å²) in [5, 5.41) is 11.6. The maximum atomic E-state index is 14.1. The predicted molar refractivity (Wildman–Crippen MR) is 117 cm³/mol. The topological polar surface area (TPSA) is 63.1 Å². The van der Waals surface area contributed by atoms with E-state index in [9.17, 15) is 13.6 Å². The van der Waals surface area contributed by atoms with Gasteiger partial charge in [-0.05, 0) is 25.0 Å². The molecule has 1 atom stereocenters. The van der Waals surface area contributed by atoms with E-state index in [1.54, 1.807) is 6.07 Å². The van der Waals surface area contributed by atoms with Crippen LogP contribution >= 0.6 is 0 Å². The Morgan fingerprint density at radius 2 is 1.88 bits per heavy atom. The molecule has 0 aliphatic carbocycles. The summed E-state index contributed by atoms with van der Waals surface area (Å²) in [6.07, 6.45) is 1.74. The minimum absolute atomic E-state index is 0.0319. The maximum absolute atomic E-state index is 14.1. The summed E-state index contributed by atoms with van der Waals surface area (Å²) in [7, 11) is 0. The number of hydrogen-bond donors (Lipinski definition) is 1. The molecule has 0 radical (unpaired) electrons. The van der Waals surface area contributed by atoms with E-state index in [2.05, 4.69) is 20.4 Å². The normalized spacial score (nSPS) is 15.1. The number of nitrogens with one attached hydrogen (secondary N) is 1. The van der Waals surface area contributed by atoms with Crippen molar-refractivity contribution in [3.8, 4) is 0 Å². The molecule has 6 nitrogen and oxygen atoms in total. The molecule has 1 N–H and O–H groups in total. The zero-order valence-corrected chi connectivity index (χ0v) is 18.1. The van der Waals surface area contributed by atoms with Crippen LogP contribution in [0.1, 0.15) is 42.2 Å². The number of carbonyl (C=O) groups is 1. The van der Waals surface area contributed by atoms with Gasteiger partial charge in [0.2, 0.25) is 5.91 Å². The van der Waals surface area contributed by atoms with E-state index in [1.807, 2.05) is 41.8 Å². The third-order valence-electron chi connectivity index (χ3n) is 5.82. The zero-order valence-electron chi connectivity index (χ0n) is 18.1. The molecule has 32 heavy (non-hydrogen) atoms. The molecule has 0 saturated carbocycles. The molecule has 1 unspecified atom stereocenters. The summed E-state index contributed by atoms with van der Waals surface area (Å²) in [5.41, 5.74) is 1.48. The van der Waals surface area contributed by atoms with Crippen molar-refractivity contribution in [2.45, 2.75) is 45.3 Å². The number of halogens is 2. The second-order valence-corrected chi connectivity index (χ2v) is 8.14. The zero-order chi connectivity index (χ0) is 22.5. The highest BCUT2D eigenvalue weighted by atomic mass is 19.2. The van der Waals surface area contributed by atoms with Gasteiger partial charge in [-0.15, -0.1) is 10.2 Å². The van der Waals surface area contributed by atoms with Crippen LogP contribution in [-0.4, -0.2) is 38.7 Å². The minimum atomic E-state index is -0.825. The van der Waals surface area contributed by atoms with Gasteiger partial charge in [0, 0.05) is 44.6 Å². The molecule has 4 rings (SSSR count). The summed E-state index contributed by atoms with van der Waals surface area (Å²) in [5.74, 6) is -0.0905. The van der Waals surface area contributed by atoms with Gasteiger partial charge in [0.1, 0.15) is 5.82 Å². The quantitative estimate of drug-likeness (QED) is 0.613. The molecule has 2 aromatic carbocycles. The Morgan fingerprint density at radius 3 is 2.69 bits per heavy atom. The van der Waals surface area contributed by atoms with E-state index < -0.39 is 11.6 Å². The lowest BCUT2D eigenvalue weighted by Gasteiger charge is -2.20. The van der Waals surface area contributed by atoms with Gasteiger partial charge < -0.3 is 9.88 Å². The Morgan fingerprint density at radius 1 is 1.06 bits per heavy atom. The summed E-state index contributed by atoms with van der Waals surface area (Å²) in [4.78, 5) is 14.5. The van der Waals surface area contributed by atoms with Crippen molar-refractivity contribution >= 4 is 5.91 Å². The van der Waals surface area contributed by atoms with Gasteiger partial charge in [-0.3, -0.25) is 9.69 Å². The fraction of sp³-hybridized carbons (Fsp3) is 0.375. The highest BCUT2D eigenvalue weighted by molar-refractivity contribution is 5.76. The van der Waals surface area contributed by atoms with Crippen LogP contribution in [0.3, 0.4) is 0 Å². The molecular formula is C24H27F2N5O. The van der Waals surface area contributed by atoms with Crippen LogP contribution < -0.4 is 5.32 Å². The van der Waals surface area contributed by atoms with E-state index in [0.29, 0.717) is 56.8 Å². The van der Waals surface area contributed by atoms with Crippen molar-refractivity contribution in [3.05, 3.63) is 82.9 Å². The second kappa shape index (κ2) is 9.99. The predicted octanol–water partition coefficient (Wildman–Crippen LogP) is 3.42. The molecule has 0 bridgehead atoms. The summed E-state index contributed by atoms with van der Waals surface area (Å²) < 4.78 is 29.6. The lowest BCUT2D eigenvalue weighted by Crippen LogP contribution is -2.30. The maximum Gasteiger partial charge on any atom is 0.220 e. The Balaban J connectivity index is 1.35. The third-order valence-corrected chi connectivity index (χ3v) is 5.82. The van der Waals surface area contributed by atoms with E-state index in [4.69, 9.17) is 0 Å². The minimum Gasteiger partial charge on any atom is -0.346 e. The number of fused-ring (bicyclic) bond motifs is 1. The lowest BCUT2D eigenvalue weighted by atomic mass is 10.1. The highest BCUT2D eigenvalue weighted by Crippen LogP contribution is 2.19. The summed E-state index contributed by atoms with van der Waals surface area (Å²) in [6, 6.07) is 13.9. The fourth-order valence-electron chi connectivity index (χ4n) is 4.06. The van der Waals surface area contributed by atoms with Crippen LogP contribution in [0.25, 0.3) is 0 Å². The van der Waals surface area contributed by atoms with Gasteiger partial charge in [-0.1, -0.05) is 42.5 Å². The van der Waals surface area contributed by atoms with E-state index in [0.717, 1.165) is 17.5 Å². The van der Waals surface area contributed by atoms with Crippen molar-refractivity contribution < 1.29 is 13.6 Å². The molecular weight excluding hydrogens is 412 g/mol. The first-order chi connectivity index (χ1) is 15.5. The van der Waals surface area contributed by atoms with Crippen molar-refractivity contribution in [3.63, 3.8) is 0 Å². The van der Waals surface area contributed by atoms with Crippen LogP contribution in [0.15, 0.2) is 48.5 Å². The fourth-order valence-corrected chi connectivity index (χ4v) is 4.06. The average Bonchev–Trinajstić information content (AvgIpc) is 3.10. The second-order valence-electron chi connectivity index (χ2n) is 8.14. The standard InChI is InChI=1S/C24H27F2N5O/c1-17(27-22(32)11-10-18-6-3-2-4-7-18)24-29-28-21-12-13-30(14-15-31(21)24)16-19-8-5-9-20(25)23(19)26/h2-9,17H,10-16H2,1H3,(H,27,32). The van der Waals surface area contributed by atoms with Gasteiger partial charge in [0.05, 0.1) is 6.04 Å². The van der Waals surface area contributed by atoms with Crippen LogP contribution in [0.4, 0.5) is 8.78 Å². The number of hydrogen-bond acceptors (Lipinski definition) is 4. The molecule has 168 valence electrons. The highest BCUT2D eigenvalue weighted by Gasteiger charge is 2.23. The Bertz CT molecular complexity index is 1070. The molecule has 1 aliphatic rings. The molecule has 1 aromatic heterocycles. The SMILES string of the molecule is CC(NC(=O)CCc1ccccc1)c1nnc2n1CCN(Cc1cccc(F)c1F)CC2.